The van der Waals surface area contributed by atoms with Gasteiger partial charge in [-0.3, -0.25) is 4.72 Å². The normalized spacial score (nSPS) is 12.0. The van der Waals surface area contributed by atoms with Crippen LogP contribution >= 0.6 is 0 Å². The molecule has 0 aliphatic carbocycles. The molecule has 0 fully saturated rings. The van der Waals surface area contributed by atoms with Gasteiger partial charge >= 0.3 is 0 Å². The second-order valence-electron chi connectivity index (χ2n) is 5.44. The molecule has 0 heterocycles. The minimum absolute atomic E-state index is 0.0937. The van der Waals surface area contributed by atoms with Crippen LogP contribution in [0.5, 0.6) is 5.75 Å². The van der Waals surface area contributed by atoms with Crippen molar-refractivity contribution in [1.82, 2.24) is 0 Å². The maximum Gasteiger partial charge on any atom is 0.261 e. The van der Waals surface area contributed by atoms with Crippen molar-refractivity contribution in [3.05, 3.63) is 53.6 Å². The summed E-state index contributed by atoms with van der Waals surface area (Å²) in [6, 6.07) is 10.9. The van der Waals surface area contributed by atoms with Crippen LogP contribution < -0.4 is 9.46 Å². The third-order valence-electron chi connectivity index (χ3n) is 3.48. The molecule has 0 amide bonds. The molecular weight excluding hydrogens is 350 g/mol. The molecule has 130 valence electrons. The van der Waals surface area contributed by atoms with E-state index in [9.17, 15) is 16.8 Å². The summed E-state index contributed by atoms with van der Waals surface area (Å²) in [5, 5.41) is 0. The number of anilines is 1. The van der Waals surface area contributed by atoms with Gasteiger partial charge in [-0.05, 0) is 48.4 Å². The lowest BCUT2D eigenvalue weighted by atomic mass is 10.1. The fourth-order valence-electron chi connectivity index (χ4n) is 2.19. The van der Waals surface area contributed by atoms with Crippen LogP contribution in [-0.2, 0) is 25.6 Å². The largest absolute Gasteiger partial charge is 0.497 e. The predicted octanol–water partition coefficient (Wildman–Crippen LogP) is 2.35. The van der Waals surface area contributed by atoms with Gasteiger partial charge in [-0.25, -0.2) is 16.8 Å². The first-order valence-corrected chi connectivity index (χ1v) is 10.6. The van der Waals surface area contributed by atoms with Crippen molar-refractivity contribution in [3.8, 4) is 5.75 Å². The molecule has 0 unspecified atom stereocenters. The van der Waals surface area contributed by atoms with Crippen LogP contribution in [0, 0.1) is 6.92 Å². The van der Waals surface area contributed by atoms with Gasteiger partial charge in [0, 0.05) is 6.26 Å². The lowest BCUT2D eigenvalue weighted by Crippen LogP contribution is -2.14. The average molecular weight is 369 g/mol. The molecule has 24 heavy (non-hydrogen) atoms. The Hall–Kier alpha value is -2.06. The number of sulfone groups is 1. The van der Waals surface area contributed by atoms with Crippen LogP contribution in [0.3, 0.4) is 0 Å². The van der Waals surface area contributed by atoms with Crippen LogP contribution in [0.1, 0.15) is 11.1 Å². The van der Waals surface area contributed by atoms with Crippen molar-refractivity contribution < 1.29 is 21.6 Å². The average Bonchev–Trinajstić information content (AvgIpc) is 2.50. The van der Waals surface area contributed by atoms with Crippen LogP contribution in [0.15, 0.2) is 47.4 Å². The highest BCUT2D eigenvalue weighted by molar-refractivity contribution is 7.92. The highest BCUT2D eigenvalue weighted by Gasteiger charge is 2.17. The maximum atomic E-state index is 12.5. The van der Waals surface area contributed by atoms with Gasteiger partial charge in [0.05, 0.1) is 23.4 Å². The third-order valence-corrected chi connectivity index (χ3v) is 5.69. The quantitative estimate of drug-likeness (QED) is 0.844. The van der Waals surface area contributed by atoms with Crippen molar-refractivity contribution >= 4 is 25.5 Å². The van der Waals surface area contributed by atoms with E-state index < -0.39 is 19.9 Å². The monoisotopic (exact) mass is 369 g/mol. The molecule has 0 spiro atoms. The molecule has 2 aromatic rings. The highest BCUT2D eigenvalue weighted by atomic mass is 32.2. The second kappa shape index (κ2) is 6.82. The first-order chi connectivity index (χ1) is 11.1. The van der Waals surface area contributed by atoms with Gasteiger partial charge in [-0.2, -0.15) is 0 Å². The highest BCUT2D eigenvalue weighted by Crippen LogP contribution is 2.24. The summed E-state index contributed by atoms with van der Waals surface area (Å²) in [7, 11) is -5.49. The Morgan fingerprint density at radius 3 is 2.17 bits per heavy atom. The Balaban J connectivity index is 2.34. The molecule has 0 aromatic heterocycles. The SMILES string of the molecule is COc1ccc(S(=O)(=O)Nc2cccc(CS(C)(=O)=O)c2C)cc1. The van der Waals surface area contributed by atoms with E-state index in [0.29, 0.717) is 22.6 Å². The summed E-state index contributed by atoms with van der Waals surface area (Å²) >= 11 is 0. The van der Waals surface area contributed by atoms with Gasteiger partial charge in [-0.1, -0.05) is 12.1 Å². The molecule has 2 rings (SSSR count). The van der Waals surface area contributed by atoms with Crippen LogP contribution in [0.25, 0.3) is 0 Å². The van der Waals surface area contributed by atoms with E-state index in [1.807, 2.05) is 0 Å². The summed E-state index contributed by atoms with van der Waals surface area (Å²) < 4.78 is 55.4. The van der Waals surface area contributed by atoms with Crippen molar-refractivity contribution in [3.63, 3.8) is 0 Å². The molecule has 8 heteroatoms. The predicted molar refractivity (Wildman–Crippen MR) is 93.5 cm³/mol. The smallest absolute Gasteiger partial charge is 0.261 e. The number of ether oxygens (including phenoxy) is 1. The van der Waals surface area contributed by atoms with Gasteiger partial charge in [0.1, 0.15) is 5.75 Å². The number of rotatable bonds is 6. The van der Waals surface area contributed by atoms with E-state index in [0.717, 1.165) is 6.26 Å². The van der Waals surface area contributed by atoms with Crippen molar-refractivity contribution in [2.45, 2.75) is 17.6 Å². The standard InChI is InChI=1S/C16H19NO5S2/c1-12-13(11-23(3,18)19)5-4-6-16(12)17-24(20,21)15-9-7-14(22-2)8-10-15/h4-10,17H,11H2,1-3H3. The molecule has 0 aliphatic heterocycles. The maximum absolute atomic E-state index is 12.5. The molecule has 0 aliphatic rings. The van der Waals surface area contributed by atoms with Crippen molar-refractivity contribution in [2.75, 3.05) is 18.1 Å². The summed E-state index contributed by atoms with van der Waals surface area (Å²) in [6.45, 7) is 1.69. The van der Waals surface area contributed by atoms with E-state index in [1.54, 1.807) is 37.3 Å². The minimum Gasteiger partial charge on any atom is -0.497 e. The van der Waals surface area contributed by atoms with E-state index in [2.05, 4.69) is 4.72 Å². The number of nitrogens with one attached hydrogen (secondary N) is 1. The van der Waals surface area contributed by atoms with E-state index in [4.69, 9.17) is 4.74 Å². The van der Waals surface area contributed by atoms with Crippen molar-refractivity contribution in [1.29, 1.82) is 0 Å². The van der Waals surface area contributed by atoms with Gasteiger partial charge in [-0.15, -0.1) is 0 Å². The molecule has 6 nitrogen and oxygen atoms in total. The van der Waals surface area contributed by atoms with Crippen LogP contribution in [-0.4, -0.2) is 30.2 Å². The fraction of sp³-hybridized carbons (Fsp3) is 0.250. The van der Waals surface area contributed by atoms with Gasteiger partial charge in [0.15, 0.2) is 9.84 Å². The lowest BCUT2D eigenvalue weighted by molar-refractivity contribution is 0.414. The molecule has 2 aromatic carbocycles. The number of methoxy groups -OCH3 is 1. The summed E-state index contributed by atoms with van der Waals surface area (Å²) in [6.07, 6.45) is 1.14. The fourth-order valence-corrected chi connectivity index (χ4v) is 4.19. The Kier molecular flexibility index (Phi) is 5.19. The molecule has 1 N–H and O–H groups in total. The zero-order chi connectivity index (χ0) is 18.0. The summed E-state index contributed by atoms with van der Waals surface area (Å²) in [4.78, 5) is 0.0937. The van der Waals surface area contributed by atoms with E-state index in [1.165, 1.54) is 19.2 Å². The molecule has 0 atom stereocenters. The topological polar surface area (TPSA) is 89.5 Å². The molecule has 0 radical (unpaired) electrons. The minimum atomic E-state index is -3.78. The number of hydrogen-bond donors (Lipinski definition) is 1. The molecule has 0 saturated carbocycles. The number of sulfonamides is 1. The summed E-state index contributed by atoms with van der Waals surface area (Å²) in [5.41, 5.74) is 1.50. The zero-order valence-electron chi connectivity index (χ0n) is 13.6. The molecular formula is C16H19NO5S2. The van der Waals surface area contributed by atoms with E-state index in [-0.39, 0.29) is 10.6 Å². The number of hydrogen-bond acceptors (Lipinski definition) is 5. The molecule has 0 saturated heterocycles. The molecule has 0 bridgehead atoms. The Morgan fingerprint density at radius 2 is 1.62 bits per heavy atom. The third kappa shape index (κ3) is 4.48. The first kappa shape index (κ1) is 18.3. The number of benzene rings is 2. The van der Waals surface area contributed by atoms with Crippen molar-refractivity contribution in [2.24, 2.45) is 0 Å². The second-order valence-corrected chi connectivity index (χ2v) is 9.26. The summed E-state index contributed by atoms with van der Waals surface area (Å²) in [5.74, 6) is 0.414. The lowest BCUT2D eigenvalue weighted by Gasteiger charge is -2.13. The van der Waals surface area contributed by atoms with Crippen LogP contribution in [0.2, 0.25) is 0 Å². The zero-order valence-corrected chi connectivity index (χ0v) is 15.2. The Morgan fingerprint density at radius 1 is 1.00 bits per heavy atom. The van der Waals surface area contributed by atoms with Crippen LogP contribution in [0.4, 0.5) is 5.69 Å². The Labute approximate surface area is 142 Å². The van der Waals surface area contributed by atoms with E-state index >= 15 is 0 Å². The Bertz CT molecular complexity index is 933. The van der Waals surface area contributed by atoms with Gasteiger partial charge in [0.25, 0.3) is 10.0 Å². The van der Waals surface area contributed by atoms with Gasteiger partial charge in [0.2, 0.25) is 0 Å². The first-order valence-electron chi connectivity index (χ1n) is 7.05. The van der Waals surface area contributed by atoms with Gasteiger partial charge < -0.3 is 4.74 Å².